The first kappa shape index (κ1) is 17.4. The summed E-state index contributed by atoms with van der Waals surface area (Å²) >= 11 is 0. The van der Waals surface area contributed by atoms with Gasteiger partial charge in [0, 0.05) is 51.1 Å². The zero-order valence-corrected chi connectivity index (χ0v) is 15.4. The molecular formula is C18H26N6O2. The zero-order chi connectivity index (χ0) is 18.1. The Morgan fingerprint density at radius 1 is 1.31 bits per heavy atom. The summed E-state index contributed by atoms with van der Waals surface area (Å²) in [5.41, 5.74) is 0.226. The maximum Gasteiger partial charge on any atom is 0.229 e. The van der Waals surface area contributed by atoms with Crippen LogP contribution in [0.5, 0.6) is 0 Å². The van der Waals surface area contributed by atoms with Gasteiger partial charge in [0.25, 0.3) is 0 Å². The molecule has 2 aliphatic rings. The molecule has 3 heterocycles. The molecule has 2 aromatic heterocycles. The number of piperidine rings is 1. The number of rotatable bonds is 6. The van der Waals surface area contributed by atoms with Crippen LogP contribution >= 0.6 is 0 Å². The summed E-state index contributed by atoms with van der Waals surface area (Å²) in [7, 11) is 3.85. The van der Waals surface area contributed by atoms with Crippen LogP contribution in [0.4, 0.5) is 5.95 Å². The molecular weight excluding hydrogens is 332 g/mol. The third-order valence-electron chi connectivity index (χ3n) is 5.04. The number of likely N-dealkylation sites (tertiary alicyclic amines) is 1. The van der Waals surface area contributed by atoms with Crippen molar-refractivity contribution in [1.82, 2.24) is 25.0 Å². The van der Waals surface area contributed by atoms with E-state index in [2.05, 4.69) is 25.0 Å². The van der Waals surface area contributed by atoms with Crippen LogP contribution in [0.2, 0.25) is 0 Å². The molecule has 2 aromatic rings. The summed E-state index contributed by atoms with van der Waals surface area (Å²) in [6.07, 6.45) is 8.11. The van der Waals surface area contributed by atoms with E-state index in [4.69, 9.17) is 4.52 Å². The van der Waals surface area contributed by atoms with Crippen LogP contribution < -0.4 is 4.90 Å². The van der Waals surface area contributed by atoms with Gasteiger partial charge in [-0.2, -0.15) is 4.98 Å². The minimum atomic E-state index is -0.823. The van der Waals surface area contributed by atoms with Gasteiger partial charge in [0.05, 0.1) is 12.0 Å². The highest BCUT2D eigenvalue weighted by molar-refractivity contribution is 5.26. The largest absolute Gasteiger partial charge is 0.388 e. The molecule has 0 radical (unpaired) electrons. The van der Waals surface area contributed by atoms with Gasteiger partial charge in [0.15, 0.2) is 5.82 Å². The minimum absolute atomic E-state index is 0.416. The van der Waals surface area contributed by atoms with Crippen molar-refractivity contribution in [3.8, 4) is 0 Å². The fourth-order valence-corrected chi connectivity index (χ4v) is 3.53. The minimum Gasteiger partial charge on any atom is -0.388 e. The number of aliphatic hydroxyl groups is 1. The molecule has 1 aliphatic carbocycles. The number of anilines is 1. The fourth-order valence-electron chi connectivity index (χ4n) is 3.53. The molecule has 0 aromatic carbocycles. The van der Waals surface area contributed by atoms with Crippen molar-refractivity contribution in [3.63, 3.8) is 0 Å². The standard InChI is InChI=1S/C18H26N6O2/c1-23(2)17-19-9-13(10-20-17)11-24-7-3-6-18(25,12-24)8-15-21-16(22-26-15)14-4-5-14/h9-10,14,25H,3-8,11-12H2,1-2H3. The molecule has 140 valence electrons. The molecule has 0 spiro atoms. The van der Waals surface area contributed by atoms with Crippen molar-refractivity contribution in [2.75, 3.05) is 32.1 Å². The molecule has 2 fully saturated rings. The summed E-state index contributed by atoms with van der Waals surface area (Å²) in [6.45, 7) is 2.27. The highest BCUT2D eigenvalue weighted by Crippen LogP contribution is 2.38. The lowest BCUT2D eigenvalue weighted by Gasteiger charge is -2.38. The van der Waals surface area contributed by atoms with E-state index in [9.17, 15) is 5.11 Å². The Hall–Kier alpha value is -2.06. The predicted octanol–water partition coefficient (Wildman–Crippen LogP) is 1.37. The second kappa shape index (κ2) is 6.92. The van der Waals surface area contributed by atoms with Crippen LogP contribution in [-0.2, 0) is 13.0 Å². The van der Waals surface area contributed by atoms with E-state index in [1.54, 1.807) is 0 Å². The maximum atomic E-state index is 11.0. The molecule has 4 rings (SSSR count). The van der Waals surface area contributed by atoms with E-state index < -0.39 is 5.60 Å². The second-order valence-corrected chi connectivity index (χ2v) is 7.82. The molecule has 8 nitrogen and oxygen atoms in total. The molecule has 0 amide bonds. The van der Waals surface area contributed by atoms with Crippen LogP contribution in [0, 0.1) is 0 Å². The van der Waals surface area contributed by atoms with Crippen LogP contribution in [-0.4, -0.2) is 62.9 Å². The highest BCUT2D eigenvalue weighted by Gasteiger charge is 2.36. The average molecular weight is 358 g/mol. The lowest BCUT2D eigenvalue weighted by atomic mass is 9.89. The van der Waals surface area contributed by atoms with E-state index >= 15 is 0 Å². The lowest BCUT2D eigenvalue weighted by Crippen LogP contribution is -2.49. The van der Waals surface area contributed by atoms with Crippen molar-refractivity contribution in [1.29, 1.82) is 0 Å². The normalized spacial score (nSPS) is 24.0. The van der Waals surface area contributed by atoms with Crippen LogP contribution in [0.1, 0.15) is 48.9 Å². The summed E-state index contributed by atoms with van der Waals surface area (Å²) < 4.78 is 5.36. The van der Waals surface area contributed by atoms with Crippen molar-refractivity contribution < 1.29 is 9.63 Å². The Kier molecular flexibility index (Phi) is 4.62. The van der Waals surface area contributed by atoms with E-state index in [0.717, 1.165) is 50.2 Å². The van der Waals surface area contributed by atoms with Gasteiger partial charge >= 0.3 is 0 Å². The summed E-state index contributed by atoms with van der Waals surface area (Å²) in [4.78, 5) is 17.3. The van der Waals surface area contributed by atoms with Gasteiger partial charge in [-0.1, -0.05) is 5.16 Å². The Balaban J connectivity index is 1.37. The number of nitrogens with zero attached hydrogens (tertiary/aromatic N) is 6. The van der Waals surface area contributed by atoms with Gasteiger partial charge in [-0.05, 0) is 32.2 Å². The number of β-amino-alcohol motifs (C(OH)–C–C–N with tert-alkyl or cyclic N) is 1. The summed E-state index contributed by atoms with van der Waals surface area (Å²) in [6, 6.07) is 0. The van der Waals surface area contributed by atoms with Crippen molar-refractivity contribution in [3.05, 3.63) is 29.7 Å². The Morgan fingerprint density at radius 3 is 2.77 bits per heavy atom. The van der Waals surface area contributed by atoms with Gasteiger partial charge in [-0.15, -0.1) is 0 Å². The van der Waals surface area contributed by atoms with E-state index in [1.807, 2.05) is 31.4 Å². The topological polar surface area (TPSA) is 91.4 Å². The molecule has 1 saturated carbocycles. The van der Waals surface area contributed by atoms with Crippen molar-refractivity contribution in [2.45, 2.75) is 50.2 Å². The SMILES string of the molecule is CN(C)c1ncc(CN2CCCC(O)(Cc3nc(C4CC4)no3)C2)cn1. The highest BCUT2D eigenvalue weighted by atomic mass is 16.5. The smallest absolute Gasteiger partial charge is 0.229 e. The lowest BCUT2D eigenvalue weighted by molar-refractivity contribution is -0.0374. The maximum absolute atomic E-state index is 11.0. The monoisotopic (exact) mass is 358 g/mol. The molecule has 26 heavy (non-hydrogen) atoms. The fraction of sp³-hybridized carbons (Fsp3) is 0.667. The first-order chi connectivity index (χ1) is 12.5. The van der Waals surface area contributed by atoms with Crippen LogP contribution in [0.25, 0.3) is 0 Å². The molecule has 1 aliphatic heterocycles. The molecule has 1 saturated heterocycles. The molecule has 1 unspecified atom stereocenters. The van der Waals surface area contributed by atoms with Crippen LogP contribution in [0.3, 0.4) is 0 Å². The second-order valence-electron chi connectivity index (χ2n) is 7.82. The van der Waals surface area contributed by atoms with Crippen molar-refractivity contribution >= 4 is 5.95 Å². The van der Waals surface area contributed by atoms with Gasteiger partial charge in [0.1, 0.15) is 0 Å². The Labute approximate surface area is 153 Å². The molecule has 1 atom stereocenters. The van der Waals surface area contributed by atoms with Crippen LogP contribution in [0.15, 0.2) is 16.9 Å². The van der Waals surface area contributed by atoms with Gasteiger partial charge in [0.2, 0.25) is 11.8 Å². The van der Waals surface area contributed by atoms with E-state index in [1.165, 1.54) is 0 Å². The molecule has 8 heteroatoms. The predicted molar refractivity (Wildman–Crippen MR) is 95.8 cm³/mol. The molecule has 1 N–H and O–H groups in total. The average Bonchev–Trinajstić information content (AvgIpc) is 3.35. The Morgan fingerprint density at radius 2 is 2.08 bits per heavy atom. The zero-order valence-electron chi connectivity index (χ0n) is 15.4. The van der Waals surface area contributed by atoms with Gasteiger partial charge in [-0.25, -0.2) is 9.97 Å². The van der Waals surface area contributed by atoms with Crippen molar-refractivity contribution in [2.24, 2.45) is 0 Å². The summed E-state index contributed by atoms with van der Waals surface area (Å²) in [5, 5.41) is 15.1. The Bertz CT molecular complexity index is 742. The third kappa shape index (κ3) is 4.02. The van der Waals surface area contributed by atoms with E-state index in [0.29, 0.717) is 30.7 Å². The quantitative estimate of drug-likeness (QED) is 0.828. The first-order valence-electron chi connectivity index (χ1n) is 9.26. The number of hydrogen-bond donors (Lipinski definition) is 1. The van der Waals surface area contributed by atoms with Gasteiger partial charge < -0.3 is 14.5 Å². The van der Waals surface area contributed by atoms with E-state index in [-0.39, 0.29) is 0 Å². The number of hydrogen-bond acceptors (Lipinski definition) is 8. The first-order valence-corrected chi connectivity index (χ1v) is 9.26. The third-order valence-corrected chi connectivity index (χ3v) is 5.04. The molecule has 0 bridgehead atoms. The summed E-state index contributed by atoms with van der Waals surface area (Å²) in [5.74, 6) is 2.52. The number of aromatic nitrogens is 4. The van der Waals surface area contributed by atoms with Gasteiger partial charge in [-0.3, -0.25) is 4.90 Å².